The Bertz CT molecular complexity index is 776. The Labute approximate surface area is 110 Å². The van der Waals surface area contributed by atoms with E-state index in [1.165, 1.54) is 6.07 Å². The summed E-state index contributed by atoms with van der Waals surface area (Å²) in [6, 6.07) is 17.1. The third kappa shape index (κ3) is 1.99. The van der Waals surface area contributed by atoms with Gasteiger partial charge in [-0.25, -0.2) is 0 Å². The number of pyridine rings is 1. The van der Waals surface area contributed by atoms with Crippen LogP contribution in [0.15, 0.2) is 59.4 Å². The fourth-order valence-electron chi connectivity index (χ4n) is 2.27. The molecule has 0 atom stereocenters. The number of nitrogens with one attached hydrogen (secondary N) is 1. The molecule has 0 saturated heterocycles. The summed E-state index contributed by atoms with van der Waals surface area (Å²) < 4.78 is 5.43. The van der Waals surface area contributed by atoms with Gasteiger partial charge in [0.05, 0.1) is 12.6 Å². The summed E-state index contributed by atoms with van der Waals surface area (Å²) in [5, 5.41) is 0.985. The lowest BCUT2D eigenvalue weighted by molar-refractivity contribution is 0.417. The number of rotatable bonds is 2. The molecule has 94 valence electrons. The molecule has 0 spiro atoms. The number of aromatic amines is 1. The summed E-state index contributed by atoms with van der Waals surface area (Å²) in [5.41, 5.74) is 2.63. The molecule has 1 heterocycles. The highest BCUT2D eigenvalue weighted by molar-refractivity contribution is 5.96. The van der Waals surface area contributed by atoms with E-state index in [1.54, 1.807) is 7.11 Å². The highest BCUT2D eigenvalue weighted by Gasteiger charge is 2.11. The smallest absolute Gasteiger partial charge is 0.248 e. The number of aromatic nitrogens is 1. The van der Waals surface area contributed by atoms with E-state index in [1.807, 2.05) is 48.5 Å². The average Bonchev–Trinajstić information content (AvgIpc) is 2.46. The van der Waals surface area contributed by atoms with Crippen molar-refractivity contribution in [1.29, 1.82) is 0 Å². The number of methoxy groups -OCH3 is 1. The van der Waals surface area contributed by atoms with Gasteiger partial charge in [-0.15, -0.1) is 0 Å². The summed E-state index contributed by atoms with van der Waals surface area (Å²) in [6.45, 7) is 0. The maximum Gasteiger partial charge on any atom is 0.248 e. The number of hydrogen-bond acceptors (Lipinski definition) is 2. The first-order valence-electron chi connectivity index (χ1n) is 6.05. The minimum Gasteiger partial charge on any atom is -0.496 e. The molecular formula is C16H13NO2. The van der Waals surface area contributed by atoms with Gasteiger partial charge in [-0.05, 0) is 29.1 Å². The molecule has 0 bridgehead atoms. The lowest BCUT2D eigenvalue weighted by Gasteiger charge is -2.11. The molecule has 1 N–H and O–H groups in total. The van der Waals surface area contributed by atoms with Crippen LogP contribution < -0.4 is 10.3 Å². The van der Waals surface area contributed by atoms with Crippen molar-refractivity contribution in [3.63, 3.8) is 0 Å². The monoisotopic (exact) mass is 251 g/mol. The van der Waals surface area contributed by atoms with E-state index in [0.717, 1.165) is 27.8 Å². The van der Waals surface area contributed by atoms with Gasteiger partial charge < -0.3 is 9.72 Å². The third-order valence-electron chi connectivity index (χ3n) is 3.14. The van der Waals surface area contributed by atoms with E-state index in [4.69, 9.17) is 4.74 Å². The van der Waals surface area contributed by atoms with E-state index in [9.17, 15) is 4.79 Å². The number of ether oxygens (including phenoxy) is 1. The zero-order valence-electron chi connectivity index (χ0n) is 10.5. The molecule has 3 aromatic rings. The molecule has 0 aliphatic rings. The predicted molar refractivity (Wildman–Crippen MR) is 76.6 cm³/mol. The largest absolute Gasteiger partial charge is 0.496 e. The lowest BCUT2D eigenvalue weighted by atomic mass is 10.0. The number of fused-ring (bicyclic) bond motifs is 1. The Balaban J connectivity index is 2.43. The average molecular weight is 251 g/mol. The van der Waals surface area contributed by atoms with E-state index < -0.39 is 0 Å². The van der Waals surface area contributed by atoms with E-state index in [0.29, 0.717) is 0 Å². The molecule has 1 aromatic heterocycles. The summed E-state index contributed by atoms with van der Waals surface area (Å²) in [4.78, 5) is 14.5. The molecule has 0 saturated carbocycles. The molecule has 3 heteroatoms. The SMILES string of the molecule is COc1ccc2ccc(=O)[nH]c2c1-c1ccccc1. The van der Waals surface area contributed by atoms with Crippen LogP contribution in [0.25, 0.3) is 22.0 Å². The highest BCUT2D eigenvalue weighted by atomic mass is 16.5. The maximum absolute atomic E-state index is 11.6. The zero-order valence-corrected chi connectivity index (χ0v) is 10.5. The molecule has 0 radical (unpaired) electrons. The van der Waals surface area contributed by atoms with Gasteiger partial charge in [0.2, 0.25) is 5.56 Å². The Morgan fingerprint density at radius 2 is 1.68 bits per heavy atom. The lowest BCUT2D eigenvalue weighted by Crippen LogP contribution is -2.04. The summed E-state index contributed by atoms with van der Waals surface area (Å²) in [5.74, 6) is 0.751. The molecule has 3 nitrogen and oxygen atoms in total. The van der Waals surface area contributed by atoms with E-state index in [2.05, 4.69) is 4.98 Å². The van der Waals surface area contributed by atoms with Crippen molar-refractivity contribution < 1.29 is 4.74 Å². The first-order valence-corrected chi connectivity index (χ1v) is 6.05. The van der Waals surface area contributed by atoms with Crippen molar-refractivity contribution in [2.75, 3.05) is 7.11 Å². The number of H-pyrrole nitrogens is 1. The van der Waals surface area contributed by atoms with Gasteiger partial charge in [-0.3, -0.25) is 4.79 Å². The predicted octanol–water partition coefficient (Wildman–Crippen LogP) is 3.20. The fraction of sp³-hybridized carbons (Fsp3) is 0.0625. The normalized spacial score (nSPS) is 10.6. The maximum atomic E-state index is 11.6. The Morgan fingerprint density at radius 1 is 0.947 bits per heavy atom. The van der Waals surface area contributed by atoms with Gasteiger partial charge in [-0.1, -0.05) is 30.3 Å². The van der Waals surface area contributed by atoms with Crippen molar-refractivity contribution in [2.24, 2.45) is 0 Å². The van der Waals surface area contributed by atoms with Crippen molar-refractivity contribution in [2.45, 2.75) is 0 Å². The minimum absolute atomic E-state index is 0.113. The van der Waals surface area contributed by atoms with Gasteiger partial charge >= 0.3 is 0 Å². The van der Waals surface area contributed by atoms with Crippen molar-refractivity contribution in [3.05, 3.63) is 65.0 Å². The molecule has 0 fully saturated rings. The molecule has 19 heavy (non-hydrogen) atoms. The van der Waals surface area contributed by atoms with Gasteiger partial charge in [0.15, 0.2) is 0 Å². The topological polar surface area (TPSA) is 42.1 Å². The Morgan fingerprint density at radius 3 is 2.42 bits per heavy atom. The van der Waals surface area contributed by atoms with E-state index in [-0.39, 0.29) is 5.56 Å². The first kappa shape index (κ1) is 11.5. The van der Waals surface area contributed by atoms with Crippen LogP contribution in [0.4, 0.5) is 0 Å². The van der Waals surface area contributed by atoms with Gasteiger partial charge in [0, 0.05) is 11.6 Å². The second-order valence-corrected chi connectivity index (χ2v) is 4.30. The van der Waals surface area contributed by atoms with Crippen molar-refractivity contribution in [1.82, 2.24) is 4.98 Å². The number of hydrogen-bond donors (Lipinski definition) is 1. The molecular weight excluding hydrogens is 238 g/mol. The fourth-order valence-corrected chi connectivity index (χ4v) is 2.27. The third-order valence-corrected chi connectivity index (χ3v) is 3.14. The molecule has 0 aliphatic heterocycles. The van der Waals surface area contributed by atoms with Crippen molar-refractivity contribution in [3.8, 4) is 16.9 Å². The van der Waals surface area contributed by atoms with Crippen molar-refractivity contribution >= 4 is 10.9 Å². The van der Waals surface area contributed by atoms with Crippen LogP contribution in [0.1, 0.15) is 0 Å². The van der Waals surface area contributed by atoms with Crippen LogP contribution in [0, 0.1) is 0 Å². The zero-order chi connectivity index (χ0) is 13.2. The summed E-state index contributed by atoms with van der Waals surface area (Å²) in [7, 11) is 1.63. The summed E-state index contributed by atoms with van der Waals surface area (Å²) in [6.07, 6.45) is 0. The quantitative estimate of drug-likeness (QED) is 0.760. The van der Waals surface area contributed by atoms with Crippen LogP contribution in [-0.4, -0.2) is 12.1 Å². The molecule has 0 aliphatic carbocycles. The van der Waals surface area contributed by atoms with Gasteiger partial charge in [0.1, 0.15) is 5.75 Å². The Hall–Kier alpha value is -2.55. The van der Waals surface area contributed by atoms with Gasteiger partial charge in [-0.2, -0.15) is 0 Å². The molecule has 2 aromatic carbocycles. The van der Waals surface area contributed by atoms with Crippen LogP contribution in [0.5, 0.6) is 5.75 Å². The Kier molecular flexibility index (Phi) is 2.80. The van der Waals surface area contributed by atoms with E-state index >= 15 is 0 Å². The van der Waals surface area contributed by atoms with Crippen LogP contribution in [0.2, 0.25) is 0 Å². The second kappa shape index (κ2) is 4.61. The first-order chi connectivity index (χ1) is 9.29. The minimum atomic E-state index is -0.113. The van der Waals surface area contributed by atoms with Crippen LogP contribution >= 0.6 is 0 Å². The standard InChI is InChI=1S/C16H13NO2/c1-19-13-9-7-12-8-10-14(18)17-16(12)15(13)11-5-3-2-4-6-11/h2-10H,1H3,(H,17,18). The van der Waals surface area contributed by atoms with Gasteiger partial charge in [0.25, 0.3) is 0 Å². The number of benzene rings is 2. The second-order valence-electron chi connectivity index (χ2n) is 4.30. The van der Waals surface area contributed by atoms with Crippen LogP contribution in [-0.2, 0) is 0 Å². The molecule has 3 rings (SSSR count). The summed E-state index contributed by atoms with van der Waals surface area (Å²) >= 11 is 0. The molecule has 0 amide bonds. The highest BCUT2D eigenvalue weighted by Crippen LogP contribution is 2.35. The molecule has 0 unspecified atom stereocenters. The van der Waals surface area contributed by atoms with Crippen LogP contribution in [0.3, 0.4) is 0 Å².